The van der Waals surface area contributed by atoms with Crippen LogP contribution in [-0.4, -0.2) is 18.2 Å². The lowest BCUT2D eigenvalue weighted by molar-refractivity contribution is -0.130. The summed E-state index contributed by atoms with van der Waals surface area (Å²) in [6, 6.07) is 15.0. The van der Waals surface area contributed by atoms with Gasteiger partial charge in [-0.2, -0.15) is 0 Å². The molecule has 0 radical (unpaired) electrons. The highest BCUT2D eigenvalue weighted by Crippen LogP contribution is 2.22. The average molecular weight is 296 g/mol. The molecule has 0 aliphatic rings. The minimum absolute atomic E-state index is 0.264. The van der Waals surface area contributed by atoms with Crippen LogP contribution in [0.3, 0.4) is 0 Å². The first-order valence-electron chi connectivity index (χ1n) is 7.20. The van der Waals surface area contributed by atoms with Gasteiger partial charge in [0.1, 0.15) is 5.75 Å². The molecule has 3 heteroatoms. The first-order chi connectivity index (χ1) is 10.5. The maximum atomic E-state index is 11.5. The van der Waals surface area contributed by atoms with Gasteiger partial charge in [-0.3, -0.25) is 0 Å². The predicted octanol–water partition coefficient (Wildman–Crippen LogP) is 4.44. The Morgan fingerprint density at radius 2 is 1.64 bits per heavy atom. The molecule has 0 bridgehead atoms. The van der Waals surface area contributed by atoms with Gasteiger partial charge in [0.05, 0.1) is 12.7 Å². The summed E-state index contributed by atoms with van der Waals surface area (Å²) in [7, 11) is 1.58. The highest BCUT2D eigenvalue weighted by Gasteiger charge is 2.10. The molecule has 22 heavy (non-hydrogen) atoms. The highest BCUT2D eigenvalue weighted by atomic mass is 16.5. The molecule has 3 nitrogen and oxygen atoms in total. The quantitative estimate of drug-likeness (QED) is 0.655. The van der Waals surface area contributed by atoms with Gasteiger partial charge in [0.2, 0.25) is 0 Å². The molecule has 0 unspecified atom stereocenters. The summed E-state index contributed by atoms with van der Waals surface area (Å²) in [6.45, 7) is 4.26. The Balaban J connectivity index is 2.35. The molecule has 0 aliphatic carbocycles. The number of carbonyl (C=O) groups is 1. The summed E-state index contributed by atoms with van der Waals surface area (Å²) in [5.41, 5.74) is 3.03. The number of rotatable bonds is 5. The van der Waals surface area contributed by atoms with Gasteiger partial charge < -0.3 is 9.84 Å². The van der Waals surface area contributed by atoms with Gasteiger partial charge in [0.15, 0.2) is 0 Å². The molecule has 0 saturated carbocycles. The molecule has 0 atom stereocenters. The lowest BCUT2D eigenvalue weighted by Crippen LogP contribution is -1.99. The van der Waals surface area contributed by atoms with Crippen LogP contribution in [0.15, 0.2) is 48.5 Å². The van der Waals surface area contributed by atoms with Crippen LogP contribution in [0.25, 0.3) is 11.6 Å². The minimum Gasteiger partial charge on any atom is -0.497 e. The fourth-order valence-corrected chi connectivity index (χ4v) is 2.18. The zero-order valence-electron chi connectivity index (χ0n) is 13.0. The average Bonchev–Trinajstić information content (AvgIpc) is 2.53. The largest absolute Gasteiger partial charge is 0.497 e. The van der Waals surface area contributed by atoms with Gasteiger partial charge in [-0.25, -0.2) is 4.79 Å². The number of benzene rings is 2. The van der Waals surface area contributed by atoms with Crippen molar-refractivity contribution in [3.63, 3.8) is 0 Å². The molecule has 0 spiro atoms. The molecule has 1 N–H and O–H groups in total. The van der Waals surface area contributed by atoms with Crippen molar-refractivity contribution in [1.82, 2.24) is 0 Å². The molecular formula is C19H20O3. The maximum Gasteiger partial charge on any atom is 0.336 e. The zero-order chi connectivity index (χ0) is 16.1. The monoisotopic (exact) mass is 296 g/mol. The molecule has 2 aromatic carbocycles. The molecule has 0 aromatic heterocycles. The number of ether oxygens (including phenoxy) is 1. The summed E-state index contributed by atoms with van der Waals surface area (Å²) >= 11 is 0. The van der Waals surface area contributed by atoms with Crippen molar-refractivity contribution in [2.75, 3.05) is 7.11 Å². The van der Waals surface area contributed by atoms with Crippen LogP contribution >= 0.6 is 0 Å². The highest BCUT2D eigenvalue weighted by molar-refractivity contribution is 6.20. The van der Waals surface area contributed by atoms with E-state index in [4.69, 9.17) is 4.74 Å². The Morgan fingerprint density at radius 3 is 2.09 bits per heavy atom. The van der Waals surface area contributed by atoms with Gasteiger partial charge in [-0.15, -0.1) is 0 Å². The van der Waals surface area contributed by atoms with E-state index in [0.717, 1.165) is 5.56 Å². The maximum absolute atomic E-state index is 11.5. The number of aliphatic carboxylic acids is 1. The van der Waals surface area contributed by atoms with E-state index in [1.165, 1.54) is 5.56 Å². The summed E-state index contributed by atoms with van der Waals surface area (Å²) in [4.78, 5) is 11.5. The topological polar surface area (TPSA) is 46.5 Å². The van der Waals surface area contributed by atoms with Crippen LogP contribution in [-0.2, 0) is 4.79 Å². The van der Waals surface area contributed by atoms with E-state index >= 15 is 0 Å². The SMILES string of the molecule is COc1ccc(/C(=C\c2ccc(C(C)C)cc2)C(=O)O)cc1. The molecule has 2 aromatic rings. The second-order valence-corrected chi connectivity index (χ2v) is 5.41. The molecule has 114 valence electrons. The Bertz CT molecular complexity index is 665. The Hall–Kier alpha value is -2.55. The molecule has 0 saturated heterocycles. The van der Waals surface area contributed by atoms with Gasteiger partial charge >= 0.3 is 5.97 Å². The third-order valence-electron chi connectivity index (χ3n) is 3.55. The van der Waals surface area contributed by atoms with E-state index < -0.39 is 5.97 Å². The third-order valence-corrected chi connectivity index (χ3v) is 3.55. The summed E-state index contributed by atoms with van der Waals surface area (Å²) in [5, 5.41) is 9.46. The standard InChI is InChI=1S/C19H20O3/c1-13(2)15-6-4-14(5-7-15)12-18(19(20)21)16-8-10-17(22-3)11-9-16/h4-13H,1-3H3,(H,20,21)/b18-12+. The summed E-state index contributed by atoms with van der Waals surface area (Å²) in [6.07, 6.45) is 1.69. The van der Waals surface area contributed by atoms with Crippen molar-refractivity contribution >= 4 is 17.6 Å². The van der Waals surface area contributed by atoms with Crippen LogP contribution in [0, 0.1) is 0 Å². The van der Waals surface area contributed by atoms with Gasteiger partial charge in [0, 0.05) is 0 Å². The summed E-state index contributed by atoms with van der Waals surface area (Å²) in [5.74, 6) is 0.214. The third kappa shape index (κ3) is 3.76. The number of hydrogen-bond acceptors (Lipinski definition) is 2. The first kappa shape index (κ1) is 15.8. The Kier molecular flexibility index (Phi) is 4.99. The summed E-state index contributed by atoms with van der Waals surface area (Å²) < 4.78 is 5.10. The normalized spacial score (nSPS) is 11.5. The zero-order valence-corrected chi connectivity index (χ0v) is 13.0. The van der Waals surface area contributed by atoms with E-state index in [0.29, 0.717) is 17.2 Å². The number of methoxy groups -OCH3 is 1. The fraction of sp³-hybridized carbons (Fsp3) is 0.211. The van der Waals surface area contributed by atoms with Crippen molar-refractivity contribution < 1.29 is 14.6 Å². The van der Waals surface area contributed by atoms with Crippen molar-refractivity contribution in [3.05, 3.63) is 65.2 Å². The molecule has 2 rings (SSSR count). The van der Waals surface area contributed by atoms with E-state index in [1.807, 2.05) is 24.3 Å². The molecular weight excluding hydrogens is 276 g/mol. The van der Waals surface area contributed by atoms with Gasteiger partial charge in [-0.05, 0) is 40.8 Å². The number of carboxylic acids is 1. The van der Waals surface area contributed by atoms with Crippen molar-refractivity contribution in [3.8, 4) is 5.75 Å². The lowest BCUT2D eigenvalue weighted by atomic mass is 9.99. The van der Waals surface area contributed by atoms with E-state index in [9.17, 15) is 9.90 Å². The van der Waals surface area contributed by atoms with Gasteiger partial charge in [0.25, 0.3) is 0 Å². The molecule has 0 heterocycles. The Morgan fingerprint density at radius 1 is 1.05 bits per heavy atom. The minimum atomic E-state index is -0.946. The fourth-order valence-electron chi connectivity index (χ4n) is 2.18. The molecule has 0 aliphatic heterocycles. The van der Waals surface area contributed by atoms with E-state index in [-0.39, 0.29) is 5.57 Å². The van der Waals surface area contributed by atoms with Crippen LogP contribution < -0.4 is 4.74 Å². The molecule has 0 amide bonds. The first-order valence-corrected chi connectivity index (χ1v) is 7.20. The number of carboxylic acid groups (broad SMARTS) is 1. The Labute approximate surface area is 130 Å². The van der Waals surface area contributed by atoms with Crippen molar-refractivity contribution in [2.24, 2.45) is 0 Å². The van der Waals surface area contributed by atoms with Crippen LogP contribution in [0.4, 0.5) is 0 Å². The second-order valence-electron chi connectivity index (χ2n) is 5.41. The predicted molar refractivity (Wildman–Crippen MR) is 89.0 cm³/mol. The van der Waals surface area contributed by atoms with Crippen LogP contribution in [0.5, 0.6) is 5.75 Å². The smallest absolute Gasteiger partial charge is 0.336 e. The van der Waals surface area contributed by atoms with E-state index in [2.05, 4.69) is 13.8 Å². The van der Waals surface area contributed by atoms with Crippen LogP contribution in [0.1, 0.15) is 36.5 Å². The van der Waals surface area contributed by atoms with Crippen molar-refractivity contribution in [1.29, 1.82) is 0 Å². The second kappa shape index (κ2) is 6.94. The van der Waals surface area contributed by atoms with Crippen molar-refractivity contribution in [2.45, 2.75) is 19.8 Å². The van der Waals surface area contributed by atoms with Crippen LogP contribution in [0.2, 0.25) is 0 Å². The van der Waals surface area contributed by atoms with Gasteiger partial charge in [-0.1, -0.05) is 50.2 Å². The lowest BCUT2D eigenvalue weighted by Gasteiger charge is -2.07. The molecule has 0 fully saturated rings. The number of hydrogen-bond donors (Lipinski definition) is 1. The van der Waals surface area contributed by atoms with E-state index in [1.54, 1.807) is 37.5 Å².